The van der Waals surface area contributed by atoms with E-state index in [0.29, 0.717) is 28.4 Å². The van der Waals surface area contributed by atoms with E-state index < -0.39 is 5.92 Å². The molecule has 1 unspecified atom stereocenters. The van der Waals surface area contributed by atoms with Crippen LogP contribution in [0.25, 0.3) is 0 Å². The molecule has 0 saturated carbocycles. The predicted molar refractivity (Wildman–Crippen MR) is 123 cm³/mol. The molecular weight excluding hydrogens is 410 g/mol. The monoisotopic (exact) mass is 435 g/mol. The highest BCUT2D eigenvalue weighted by Crippen LogP contribution is 2.47. The maximum Gasteiger partial charge on any atom is 0.255 e. The molecule has 5 nitrogen and oxygen atoms in total. The molecule has 2 heterocycles. The largest absolute Gasteiger partial charge is 0.362 e. The number of anilines is 1. The van der Waals surface area contributed by atoms with Crippen molar-refractivity contribution in [1.29, 1.82) is 0 Å². The lowest BCUT2D eigenvalue weighted by Gasteiger charge is -2.39. The number of carbonyl (C=O) groups is 2. The number of Topliss-reactive ketones (excluding diaryl/α,β-unsaturated/α-hetero) is 1. The molecule has 6 heteroatoms. The van der Waals surface area contributed by atoms with Crippen LogP contribution in [0.3, 0.4) is 0 Å². The molecule has 0 fully saturated rings. The average Bonchev–Trinajstić information content (AvgIpc) is 2.65. The Labute approximate surface area is 187 Å². The molecule has 1 atom stereocenters. The number of hydrogen-bond acceptors (Lipinski definition) is 4. The van der Waals surface area contributed by atoms with Gasteiger partial charge in [0.2, 0.25) is 0 Å². The molecule has 2 N–H and O–H groups in total. The van der Waals surface area contributed by atoms with Crippen LogP contribution >= 0.6 is 11.6 Å². The van der Waals surface area contributed by atoms with E-state index in [0.717, 1.165) is 29.1 Å². The molecule has 1 aliphatic carbocycles. The quantitative estimate of drug-likeness (QED) is 0.687. The molecule has 0 spiro atoms. The number of pyridine rings is 1. The first-order valence-corrected chi connectivity index (χ1v) is 10.8. The lowest BCUT2D eigenvalue weighted by Crippen LogP contribution is -2.39. The first-order chi connectivity index (χ1) is 14.6. The van der Waals surface area contributed by atoms with Crippen LogP contribution in [0.15, 0.2) is 65.0 Å². The van der Waals surface area contributed by atoms with Gasteiger partial charge in [0.25, 0.3) is 5.91 Å². The maximum absolute atomic E-state index is 13.5. The first kappa shape index (κ1) is 21.3. The second-order valence-electron chi connectivity index (χ2n) is 9.10. The van der Waals surface area contributed by atoms with Crippen molar-refractivity contribution < 1.29 is 9.59 Å². The number of ketones is 1. The van der Waals surface area contributed by atoms with Crippen molar-refractivity contribution in [3.63, 3.8) is 0 Å². The second-order valence-corrected chi connectivity index (χ2v) is 9.54. The molecule has 1 aromatic heterocycles. The number of halogens is 1. The Kier molecular flexibility index (Phi) is 5.48. The van der Waals surface area contributed by atoms with Gasteiger partial charge in [-0.3, -0.25) is 9.59 Å². The van der Waals surface area contributed by atoms with Crippen LogP contribution in [0.5, 0.6) is 0 Å². The van der Waals surface area contributed by atoms with E-state index in [1.165, 1.54) is 0 Å². The highest BCUT2D eigenvalue weighted by Gasteiger charge is 2.42. The van der Waals surface area contributed by atoms with Gasteiger partial charge in [-0.1, -0.05) is 43.6 Å². The van der Waals surface area contributed by atoms with Crippen LogP contribution in [0, 0.1) is 12.3 Å². The summed E-state index contributed by atoms with van der Waals surface area (Å²) in [6, 6.07) is 12.9. The van der Waals surface area contributed by atoms with E-state index in [1.54, 1.807) is 12.1 Å². The highest BCUT2D eigenvalue weighted by molar-refractivity contribution is 6.30. The summed E-state index contributed by atoms with van der Waals surface area (Å²) in [5, 5.41) is 6.85. The number of nitrogens with one attached hydrogen (secondary N) is 2. The fourth-order valence-corrected chi connectivity index (χ4v) is 4.75. The molecule has 1 amide bonds. The zero-order chi connectivity index (χ0) is 22.3. The van der Waals surface area contributed by atoms with Gasteiger partial charge in [-0.2, -0.15) is 0 Å². The number of amides is 1. The number of benzene rings is 1. The summed E-state index contributed by atoms with van der Waals surface area (Å²) in [6.07, 6.45) is 1.19. The van der Waals surface area contributed by atoms with Gasteiger partial charge in [0.05, 0.1) is 0 Å². The van der Waals surface area contributed by atoms with E-state index >= 15 is 0 Å². The third-order valence-electron chi connectivity index (χ3n) is 5.80. The fraction of sp³-hybridized carbons (Fsp3) is 0.320. The summed E-state index contributed by atoms with van der Waals surface area (Å²) in [7, 11) is 0. The minimum atomic E-state index is -0.483. The van der Waals surface area contributed by atoms with E-state index in [2.05, 4.69) is 29.5 Å². The molecule has 1 aromatic carbocycles. The molecule has 160 valence electrons. The molecule has 2 aliphatic rings. The number of allylic oxidation sites excluding steroid dienone is 3. The second kappa shape index (κ2) is 7.97. The SMILES string of the molecule is CC1=C(C(=O)Nc2cccc(C)n2)C(c2cccc(Cl)c2)C2=C(CC(C)(C)CC2=O)N1. The van der Waals surface area contributed by atoms with Crippen molar-refractivity contribution in [3.05, 3.63) is 81.3 Å². The Hall–Kier alpha value is -2.92. The summed E-state index contributed by atoms with van der Waals surface area (Å²) >= 11 is 6.29. The van der Waals surface area contributed by atoms with Gasteiger partial charge in [0.15, 0.2) is 5.78 Å². The van der Waals surface area contributed by atoms with Crippen molar-refractivity contribution in [1.82, 2.24) is 10.3 Å². The zero-order valence-corrected chi connectivity index (χ0v) is 18.9. The Morgan fingerprint density at radius 3 is 2.61 bits per heavy atom. The van der Waals surface area contributed by atoms with Crippen LogP contribution in [-0.2, 0) is 9.59 Å². The van der Waals surface area contributed by atoms with Crippen LogP contribution in [0.1, 0.15) is 50.8 Å². The Bertz CT molecular complexity index is 1150. The lowest BCUT2D eigenvalue weighted by atomic mass is 9.68. The minimum Gasteiger partial charge on any atom is -0.362 e. The number of aryl methyl sites for hydroxylation is 1. The van der Waals surface area contributed by atoms with Gasteiger partial charge >= 0.3 is 0 Å². The summed E-state index contributed by atoms with van der Waals surface area (Å²) in [5.41, 5.74) is 4.32. The Balaban J connectivity index is 1.81. The molecule has 1 aliphatic heterocycles. The van der Waals surface area contributed by atoms with Crippen molar-refractivity contribution in [3.8, 4) is 0 Å². The van der Waals surface area contributed by atoms with Crippen LogP contribution < -0.4 is 10.6 Å². The highest BCUT2D eigenvalue weighted by atomic mass is 35.5. The summed E-state index contributed by atoms with van der Waals surface area (Å²) in [4.78, 5) is 31.1. The number of rotatable bonds is 3. The minimum absolute atomic E-state index is 0.0650. The number of aromatic nitrogens is 1. The standard InChI is InChI=1S/C25H26ClN3O2/c1-14-7-5-10-20(27-14)29-24(31)21-15(2)28-18-12-25(3,4)13-19(30)23(18)22(21)16-8-6-9-17(26)11-16/h5-11,22,28H,12-13H2,1-4H3,(H,27,29,31). The third kappa shape index (κ3) is 4.28. The molecule has 31 heavy (non-hydrogen) atoms. The van der Waals surface area contributed by atoms with E-state index in [1.807, 2.05) is 44.2 Å². The normalized spacial score (nSPS) is 20.3. The smallest absolute Gasteiger partial charge is 0.255 e. The fourth-order valence-electron chi connectivity index (χ4n) is 4.55. The van der Waals surface area contributed by atoms with Gasteiger partial charge in [-0.15, -0.1) is 0 Å². The molecule has 2 aromatic rings. The average molecular weight is 436 g/mol. The summed E-state index contributed by atoms with van der Waals surface area (Å²) in [5.74, 6) is -0.221. The number of carbonyl (C=O) groups excluding carboxylic acids is 2. The van der Waals surface area contributed by atoms with Crippen LogP contribution in [0.4, 0.5) is 5.82 Å². The van der Waals surface area contributed by atoms with Gasteiger partial charge in [0, 0.05) is 45.6 Å². The molecule has 0 bridgehead atoms. The number of dihydropyridines is 1. The van der Waals surface area contributed by atoms with Gasteiger partial charge in [-0.05, 0) is 55.5 Å². The Morgan fingerprint density at radius 2 is 1.90 bits per heavy atom. The van der Waals surface area contributed by atoms with Gasteiger partial charge in [-0.25, -0.2) is 4.98 Å². The van der Waals surface area contributed by atoms with E-state index in [-0.39, 0.29) is 17.1 Å². The van der Waals surface area contributed by atoms with E-state index in [9.17, 15) is 9.59 Å². The first-order valence-electron chi connectivity index (χ1n) is 10.4. The summed E-state index contributed by atoms with van der Waals surface area (Å²) < 4.78 is 0. The van der Waals surface area contributed by atoms with Crippen LogP contribution in [-0.4, -0.2) is 16.7 Å². The molecule has 4 rings (SSSR count). The molecular formula is C25H26ClN3O2. The third-order valence-corrected chi connectivity index (χ3v) is 6.03. The zero-order valence-electron chi connectivity index (χ0n) is 18.2. The topological polar surface area (TPSA) is 71.1 Å². The lowest BCUT2D eigenvalue weighted by molar-refractivity contribution is -0.118. The van der Waals surface area contributed by atoms with Gasteiger partial charge in [0.1, 0.15) is 5.82 Å². The van der Waals surface area contributed by atoms with Crippen molar-refractivity contribution in [2.24, 2.45) is 5.41 Å². The molecule has 0 radical (unpaired) electrons. The van der Waals surface area contributed by atoms with Crippen molar-refractivity contribution in [2.45, 2.75) is 46.5 Å². The Morgan fingerprint density at radius 1 is 1.16 bits per heavy atom. The van der Waals surface area contributed by atoms with Gasteiger partial charge < -0.3 is 10.6 Å². The predicted octanol–water partition coefficient (Wildman–Crippen LogP) is 5.29. The van der Waals surface area contributed by atoms with E-state index in [4.69, 9.17) is 11.6 Å². The van der Waals surface area contributed by atoms with Crippen molar-refractivity contribution in [2.75, 3.05) is 5.32 Å². The number of nitrogens with zero attached hydrogens (tertiary/aromatic N) is 1. The van der Waals surface area contributed by atoms with Crippen LogP contribution in [0.2, 0.25) is 5.02 Å². The summed E-state index contributed by atoms with van der Waals surface area (Å²) in [6.45, 7) is 7.94. The number of hydrogen-bond donors (Lipinski definition) is 2. The molecule has 0 saturated heterocycles. The maximum atomic E-state index is 13.5. The van der Waals surface area contributed by atoms with Crippen molar-refractivity contribution >= 4 is 29.1 Å².